The standard InChI is InChI=1S/C9H11F3IN3/c1-5-7(13)8(14-2)16-6(15-5)3-4-9(10,11)12/h3-4H2,1-2H3,(H,14,15,16). The van der Waals surface area contributed by atoms with Gasteiger partial charge in [-0.2, -0.15) is 13.2 Å². The van der Waals surface area contributed by atoms with Gasteiger partial charge in [0.1, 0.15) is 11.6 Å². The molecule has 0 atom stereocenters. The predicted octanol–water partition coefficient (Wildman–Crippen LogP) is 2.93. The summed E-state index contributed by atoms with van der Waals surface area (Å²) in [6, 6.07) is 0. The first-order valence-electron chi connectivity index (χ1n) is 4.61. The van der Waals surface area contributed by atoms with Crippen molar-refractivity contribution in [3.63, 3.8) is 0 Å². The van der Waals surface area contributed by atoms with Crippen LogP contribution in [0.25, 0.3) is 0 Å². The Kier molecular flexibility index (Phi) is 4.34. The summed E-state index contributed by atoms with van der Waals surface area (Å²) in [5.74, 6) is 0.796. The van der Waals surface area contributed by atoms with E-state index in [0.717, 1.165) is 3.57 Å². The van der Waals surface area contributed by atoms with Crippen LogP contribution in [-0.2, 0) is 6.42 Å². The van der Waals surface area contributed by atoms with Crippen LogP contribution < -0.4 is 5.32 Å². The van der Waals surface area contributed by atoms with Gasteiger partial charge in [0.15, 0.2) is 0 Å². The topological polar surface area (TPSA) is 37.8 Å². The molecule has 7 heteroatoms. The van der Waals surface area contributed by atoms with Crippen molar-refractivity contribution < 1.29 is 13.2 Å². The minimum atomic E-state index is -4.17. The summed E-state index contributed by atoms with van der Waals surface area (Å²) in [6.07, 6.45) is -5.24. The smallest absolute Gasteiger partial charge is 0.372 e. The van der Waals surface area contributed by atoms with E-state index in [1.54, 1.807) is 14.0 Å². The summed E-state index contributed by atoms with van der Waals surface area (Å²) < 4.78 is 36.9. The number of rotatable bonds is 3. The van der Waals surface area contributed by atoms with Crippen molar-refractivity contribution >= 4 is 28.4 Å². The van der Waals surface area contributed by atoms with Crippen molar-refractivity contribution in [1.29, 1.82) is 0 Å². The summed E-state index contributed by atoms with van der Waals surface area (Å²) >= 11 is 2.06. The average Bonchev–Trinajstić information content (AvgIpc) is 2.18. The molecule has 0 aromatic carbocycles. The minimum Gasteiger partial charge on any atom is -0.372 e. The maximum absolute atomic E-state index is 12.0. The second-order valence-electron chi connectivity index (χ2n) is 3.25. The first-order chi connectivity index (χ1) is 7.33. The van der Waals surface area contributed by atoms with E-state index < -0.39 is 12.6 Å². The summed E-state index contributed by atoms with van der Waals surface area (Å²) in [4.78, 5) is 8.05. The largest absolute Gasteiger partial charge is 0.389 e. The molecule has 0 saturated carbocycles. The number of aryl methyl sites for hydroxylation is 2. The van der Waals surface area contributed by atoms with Gasteiger partial charge >= 0.3 is 6.18 Å². The van der Waals surface area contributed by atoms with Crippen LogP contribution >= 0.6 is 22.6 Å². The molecule has 16 heavy (non-hydrogen) atoms. The minimum absolute atomic E-state index is 0.185. The van der Waals surface area contributed by atoms with Gasteiger partial charge in [-0.25, -0.2) is 9.97 Å². The first kappa shape index (κ1) is 13.5. The molecule has 3 nitrogen and oxygen atoms in total. The molecule has 90 valence electrons. The molecule has 0 saturated heterocycles. The highest BCUT2D eigenvalue weighted by atomic mass is 127. The number of hydrogen-bond acceptors (Lipinski definition) is 3. The van der Waals surface area contributed by atoms with Crippen molar-refractivity contribution in [2.75, 3.05) is 12.4 Å². The Hall–Kier alpha value is -0.600. The molecule has 1 heterocycles. The fraction of sp³-hybridized carbons (Fsp3) is 0.556. The van der Waals surface area contributed by atoms with Gasteiger partial charge in [-0.1, -0.05) is 0 Å². The Bertz CT molecular complexity index is 379. The second kappa shape index (κ2) is 5.15. The van der Waals surface area contributed by atoms with Crippen molar-refractivity contribution in [1.82, 2.24) is 9.97 Å². The molecule has 0 unspecified atom stereocenters. The van der Waals surface area contributed by atoms with Gasteiger partial charge in [0.25, 0.3) is 0 Å². The van der Waals surface area contributed by atoms with Crippen molar-refractivity contribution in [2.45, 2.75) is 25.9 Å². The van der Waals surface area contributed by atoms with Crippen molar-refractivity contribution in [3.05, 3.63) is 15.1 Å². The molecular weight excluding hydrogens is 334 g/mol. The maximum atomic E-state index is 12.0. The van der Waals surface area contributed by atoms with E-state index in [1.165, 1.54) is 0 Å². The number of anilines is 1. The van der Waals surface area contributed by atoms with Gasteiger partial charge in [0.05, 0.1) is 15.7 Å². The lowest BCUT2D eigenvalue weighted by molar-refractivity contribution is -0.134. The highest BCUT2D eigenvalue weighted by Gasteiger charge is 2.27. The molecule has 0 aliphatic heterocycles. The van der Waals surface area contributed by atoms with E-state index in [0.29, 0.717) is 11.5 Å². The van der Waals surface area contributed by atoms with Crippen LogP contribution in [0.1, 0.15) is 17.9 Å². The Morgan fingerprint density at radius 1 is 1.31 bits per heavy atom. The Balaban J connectivity index is 2.86. The zero-order valence-corrected chi connectivity index (χ0v) is 11.0. The molecule has 1 N–H and O–H groups in total. The van der Waals surface area contributed by atoms with Gasteiger partial charge in [-0.15, -0.1) is 0 Å². The maximum Gasteiger partial charge on any atom is 0.389 e. The number of halogens is 4. The van der Waals surface area contributed by atoms with Crippen LogP contribution in [-0.4, -0.2) is 23.2 Å². The van der Waals surface area contributed by atoms with Crippen LogP contribution in [0, 0.1) is 10.5 Å². The molecule has 0 spiro atoms. The molecule has 0 aliphatic carbocycles. The SMILES string of the molecule is CNc1nc(CCC(F)(F)F)nc(C)c1I. The van der Waals surface area contributed by atoms with Crippen LogP contribution in [0.4, 0.5) is 19.0 Å². The zero-order valence-electron chi connectivity index (χ0n) is 8.82. The lowest BCUT2D eigenvalue weighted by Crippen LogP contribution is -2.12. The molecule has 0 bridgehead atoms. The molecule has 1 aromatic rings. The van der Waals surface area contributed by atoms with Crippen LogP contribution in [0.15, 0.2) is 0 Å². The van der Waals surface area contributed by atoms with Gasteiger partial charge in [0.2, 0.25) is 0 Å². The quantitative estimate of drug-likeness (QED) is 0.856. The number of nitrogens with one attached hydrogen (secondary N) is 1. The van der Waals surface area contributed by atoms with E-state index >= 15 is 0 Å². The second-order valence-corrected chi connectivity index (χ2v) is 4.33. The van der Waals surface area contributed by atoms with E-state index in [1.807, 2.05) is 0 Å². The molecule has 1 rings (SSSR count). The molecule has 0 radical (unpaired) electrons. The summed E-state index contributed by atoms with van der Waals surface area (Å²) in [7, 11) is 1.68. The molecule has 1 aromatic heterocycles. The van der Waals surface area contributed by atoms with Crippen molar-refractivity contribution in [3.8, 4) is 0 Å². The lowest BCUT2D eigenvalue weighted by Gasteiger charge is -2.09. The fourth-order valence-electron chi connectivity index (χ4n) is 1.15. The third kappa shape index (κ3) is 3.76. The molecule has 0 aliphatic rings. The lowest BCUT2D eigenvalue weighted by atomic mass is 10.3. The van der Waals surface area contributed by atoms with Crippen LogP contribution in [0.3, 0.4) is 0 Å². The third-order valence-corrected chi connectivity index (χ3v) is 3.22. The predicted molar refractivity (Wildman–Crippen MR) is 63.4 cm³/mol. The third-order valence-electron chi connectivity index (χ3n) is 1.93. The van der Waals surface area contributed by atoms with Crippen molar-refractivity contribution in [2.24, 2.45) is 0 Å². The van der Waals surface area contributed by atoms with Gasteiger partial charge < -0.3 is 5.32 Å². The van der Waals surface area contributed by atoms with Gasteiger partial charge in [-0.05, 0) is 29.5 Å². The van der Waals surface area contributed by atoms with Gasteiger partial charge in [0, 0.05) is 13.5 Å². The monoisotopic (exact) mass is 345 g/mol. The number of hydrogen-bond donors (Lipinski definition) is 1. The Morgan fingerprint density at radius 3 is 2.44 bits per heavy atom. The highest BCUT2D eigenvalue weighted by Crippen LogP contribution is 2.23. The number of aromatic nitrogens is 2. The molecular formula is C9H11F3IN3. The number of alkyl halides is 3. The Morgan fingerprint density at radius 2 is 1.94 bits per heavy atom. The molecule has 0 amide bonds. The molecule has 0 fully saturated rings. The van der Waals surface area contributed by atoms with Crippen LogP contribution in [0.2, 0.25) is 0 Å². The van der Waals surface area contributed by atoms with E-state index in [9.17, 15) is 13.2 Å². The van der Waals surface area contributed by atoms with E-state index in [4.69, 9.17) is 0 Å². The average molecular weight is 345 g/mol. The Labute approximate surface area is 105 Å². The fourth-order valence-corrected chi connectivity index (χ4v) is 1.66. The summed E-state index contributed by atoms with van der Waals surface area (Å²) in [6.45, 7) is 1.75. The van der Waals surface area contributed by atoms with E-state index in [2.05, 4.69) is 37.9 Å². The summed E-state index contributed by atoms with van der Waals surface area (Å²) in [5, 5.41) is 2.83. The first-order valence-corrected chi connectivity index (χ1v) is 5.69. The highest BCUT2D eigenvalue weighted by molar-refractivity contribution is 14.1. The summed E-state index contributed by atoms with van der Waals surface area (Å²) in [5.41, 5.74) is 0.692. The normalized spacial score (nSPS) is 11.6. The van der Waals surface area contributed by atoms with E-state index in [-0.39, 0.29) is 12.2 Å². The zero-order chi connectivity index (χ0) is 12.3. The van der Waals surface area contributed by atoms with Gasteiger partial charge in [-0.3, -0.25) is 0 Å². The van der Waals surface area contributed by atoms with Crippen LogP contribution in [0.5, 0.6) is 0 Å². The number of nitrogens with zero attached hydrogens (tertiary/aromatic N) is 2.